The van der Waals surface area contributed by atoms with Crippen LogP contribution < -0.4 is 4.90 Å². The van der Waals surface area contributed by atoms with Crippen LogP contribution in [-0.4, -0.2) is 13.1 Å². The van der Waals surface area contributed by atoms with E-state index in [1.165, 1.54) is 25.9 Å². The lowest BCUT2D eigenvalue weighted by molar-refractivity contribution is 0.871. The molecule has 22 heavy (non-hydrogen) atoms. The summed E-state index contributed by atoms with van der Waals surface area (Å²) in [6.45, 7) is 14.6. The van der Waals surface area contributed by atoms with Gasteiger partial charge in [-0.3, -0.25) is 0 Å². The van der Waals surface area contributed by atoms with Gasteiger partial charge in [0.1, 0.15) is 0 Å². The van der Waals surface area contributed by atoms with E-state index >= 15 is 0 Å². The molecule has 1 aromatic heterocycles. The Kier molecular flexibility index (Phi) is 7.97. The van der Waals surface area contributed by atoms with Crippen molar-refractivity contribution >= 4 is 37.2 Å². The van der Waals surface area contributed by atoms with E-state index in [1.54, 1.807) is 0 Å². The van der Waals surface area contributed by atoms with Crippen LogP contribution in [0.15, 0.2) is 42.5 Å². The second-order valence-corrected chi connectivity index (χ2v) is 5.48. The van der Waals surface area contributed by atoms with Gasteiger partial charge in [-0.15, -0.1) is 11.3 Å². The second-order valence-electron chi connectivity index (χ2n) is 4.42. The van der Waals surface area contributed by atoms with Crippen molar-refractivity contribution in [2.24, 2.45) is 0 Å². The molecule has 1 heterocycles. The van der Waals surface area contributed by atoms with Gasteiger partial charge in [0, 0.05) is 28.6 Å². The standard InChI is InChI=1S/C16H17NS.2C2H6/c1-3-17(4-2)14-10-7-9-13-12-8-5-6-11-15(12)18-16(13)14;2*1-2/h5-11H,3-4H2,1-2H3;2*1-2H3. The molecule has 0 fully saturated rings. The number of thiophene rings is 1. The van der Waals surface area contributed by atoms with Gasteiger partial charge in [-0.1, -0.05) is 58.0 Å². The van der Waals surface area contributed by atoms with Gasteiger partial charge in [0.2, 0.25) is 0 Å². The maximum absolute atomic E-state index is 2.43. The second kappa shape index (κ2) is 9.47. The monoisotopic (exact) mass is 315 g/mol. The van der Waals surface area contributed by atoms with Crippen molar-refractivity contribution in [3.05, 3.63) is 42.5 Å². The zero-order valence-corrected chi connectivity index (χ0v) is 15.6. The number of nitrogens with zero attached hydrogens (tertiary/aromatic N) is 1. The fourth-order valence-corrected chi connectivity index (χ4v) is 3.79. The highest BCUT2D eigenvalue weighted by molar-refractivity contribution is 7.26. The quantitative estimate of drug-likeness (QED) is 0.505. The Bertz CT molecular complexity index is 680. The Labute approximate surface area is 139 Å². The number of anilines is 1. The van der Waals surface area contributed by atoms with Crippen LogP contribution in [0.3, 0.4) is 0 Å². The highest BCUT2D eigenvalue weighted by Crippen LogP contribution is 2.39. The molecule has 0 N–H and O–H groups in total. The number of hydrogen-bond donors (Lipinski definition) is 0. The predicted octanol–water partition coefficient (Wildman–Crippen LogP) is 6.95. The van der Waals surface area contributed by atoms with Gasteiger partial charge in [-0.05, 0) is 26.0 Å². The van der Waals surface area contributed by atoms with Gasteiger partial charge in [-0.25, -0.2) is 0 Å². The molecule has 0 amide bonds. The molecule has 0 radical (unpaired) electrons. The summed E-state index contributed by atoms with van der Waals surface area (Å²) in [5.41, 5.74) is 1.37. The van der Waals surface area contributed by atoms with Crippen molar-refractivity contribution in [3.8, 4) is 0 Å². The molecule has 0 saturated heterocycles. The number of fused-ring (bicyclic) bond motifs is 3. The van der Waals surface area contributed by atoms with Gasteiger partial charge >= 0.3 is 0 Å². The molecule has 0 unspecified atom stereocenters. The maximum Gasteiger partial charge on any atom is 0.0589 e. The minimum absolute atomic E-state index is 1.06. The zero-order chi connectivity index (χ0) is 16.5. The number of benzene rings is 2. The van der Waals surface area contributed by atoms with Gasteiger partial charge < -0.3 is 4.90 Å². The Hall–Kier alpha value is -1.54. The molecular weight excluding hydrogens is 286 g/mol. The molecule has 3 aromatic rings. The van der Waals surface area contributed by atoms with Gasteiger partial charge in [0.05, 0.1) is 10.4 Å². The van der Waals surface area contributed by atoms with Crippen LogP contribution >= 0.6 is 11.3 Å². The molecule has 0 spiro atoms. The first-order chi connectivity index (χ1) is 10.8. The van der Waals surface area contributed by atoms with Crippen LogP contribution in [-0.2, 0) is 0 Å². The van der Waals surface area contributed by atoms with Crippen LogP contribution in [0.25, 0.3) is 20.2 Å². The van der Waals surface area contributed by atoms with E-state index in [1.807, 2.05) is 39.0 Å². The van der Waals surface area contributed by atoms with Crippen LogP contribution in [0.1, 0.15) is 41.5 Å². The van der Waals surface area contributed by atoms with Crippen LogP contribution in [0.2, 0.25) is 0 Å². The third-order valence-electron chi connectivity index (χ3n) is 3.49. The summed E-state index contributed by atoms with van der Waals surface area (Å²) in [6, 6.07) is 15.3. The zero-order valence-electron chi connectivity index (χ0n) is 14.8. The summed E-state index contributed by atoms with van der Waals surface area (Å²) >= 11 is 1.91. The van der Waals surface area contributed by atoms with E-state index in [4.69, 9.17) is 0 Å². The number of rotatable bonds is 3. The van der Waals surface area contributed by atoms with Crippen molar-refractivity contribution in [1.82, 2.24) is 0 Å². The normalized spacial score (nSPS) is 9.73. The molecule has 2 heteroatoms. The Morgan fingerprint density at radius 1 is 0.773 bits per heavy atom. The SMILES string of the molecule is CC.CC.CCN(CC)c1cccc2c1sc1ccccc12. The third-order valence-corrected chi connectivity index (χ3v) is 4.70. The van der Waals surface area contributed by atoms with Crippen LogP contribution in [0.5, 0.6) is 0 Å². The van der Waals surface area contributed by atoms with E-state index in [-0.39, 0.29) is 0 Å². The fourth-order valence-electron chi connectivity index (χ4n) is 2.55. The predicted molar refractivity (Wildman–Crippen MR) is 106 cm³/mol. The molecular formula is C20H29NS. The first-order valence-electron chi connectivity index (χ1n) is 8.50. The minimum Gasteiger partial charge on any atom is -0.371 e. The summed E-state index contributed by atoms with van der Waals surface area (Å²) in [6.07, 6.45) is 0. The minimum atomic E-state index is 1.06. The molecule has 0 bridgehead atoms. The summed E-state index contributed by atoms with van der Waals surface area (Å²) in [5, 5.41) is 2.77. The summed E-state index contributed by atoms with van der Waals surface area (Å²) < 4.78 is 2.80. The number of hydrogen-bond acceptors (Lipinski definition) is 2. The van der Waals surface area contributed by atoms with Crippen LogP contribution in [0.4, 0.5) is 5.69 Å². The first-order valence-corrected chi connectivity index (χ1v) is 9.32. The Morgan fingerprint density at radius 2 is 1.36 bits per heavy atom. The highest BCUT2D eigenvalue weighted by Gasteiger charge is 2.11. The Morgan fingerprint density at radius 3 is 2.00 bits per heavy atom. The van der Waals surface area contributed by atoms with Gasteiger partial charge in [0.15, 0.2) is 0 Å². The molecule has 0 aliphatic heterocycles. The topological polar surface area (TPSA) is 3.24 Å². The molecule has 0 aliphatic carbocycles. The smallest absolute Gasteiger partial charge is 0.0589 e. The van der Waals surface area contributed by atoms with E-state index in [0.29, 0.717) is 0 Å². The first kappa shape index (κ1) is 18.5. The maximum atomic E-state index is 2.43. The van der Waals surface area contributed by atoms with E-state index in [9.17, 15) is 0 Å². The van der Waals surface area contributed by atoms with E-state index in [2.05, 4.69) is 61.2 Å². The third kappa shape index (κ3) is 3.61. The molecule has 2 aromatic carbocycles. The van der Waals surface area contributed by atoms with Crippen LogP contribution in [0, 0.1) is 0 Å². The lowest BCUT2D eigenvalue weighted by Gasteiger charge is -2.21. The molecule has 0 atom stereocenters. The van der Waals surface area contributed by atoms with Crippen molar-refractivity contribution in [1.29, 1.82) is 0 Å². The molecule has 120 valence electrons. The fraction of sp³-hybridized carbons (Fsp3) is 0.400. The average molecular weight is 316 g/mol. The molecule has 0 aliphatic rings. The molecule has 1 nitrogen and oxygen atoms in total. The summed E-state index contributed by atoms with van der Waals surface area (Å²) in [5.74, 6) is 0. The van der Waals surface area contributed by atoms with Gasteiger partial charge in [-0.2, -0.15) is 0 Å². The highest BCUT2D eigenvalue weighted by atomic mass is 32.1. The van der Waals surface area contributed by atoms with Gasteiger partial charge in [0.25, 0.3) is 0 Å². The van der Waals surface area contributed by atoms with Crippen molar-refractivity contribution in [2.75, 3.05) is 18.0 Å². The molecule has 3 rings (SSSR count). The Balaban J connectivity index is 0.000000561. The van der Waals surface area contributed by atoms with E-state index in [0.717, 1.165) is 13.1 Å². The molecule has 0 saturated carbocycles. The lowest BCUT2D eigenvalue weighted by atomic mass is 10.1. The largest absolute Gasteiger partial charge is 0.371 e. The summed E-state index contributed by atoms with van der Waals surface area (Å²) in [4.78, 5) is 2.43. The lowest BCUT2D eigenvalue weighted by Crippen LogP contribution is -2.21. The van der Waals surface area contributed by atoms with Crippen molar-refractivity contribution < 1.29 is 0 Å². The van der Waals surface area contributed by atoms with E-state index < -0.39 is 0 Å². The van der Waals surface area contributed by atoms with Crippen molar-refractivity contribution in [2.45, 2.75) is 41.5 Å². The van der Waals surface area contributed by atoms with Crippen molar-refractivity contribution in [3.63, 3.8) is 0 Å². The average Bonchev–Trinajstić information content (AvgIpc) is 2.99. The summed E-state index contributed by atoms with van der Waals surface area (Å²) in [7, 11) is 0.